The van der Waals surface area contributed by atoms with E-state index in [1.165, 1.54) is 0 Å². The van der Waals surface area contributed by atoms with Gasteiger partial charge in [0.25, 0.3) is 7.82 Å². The normalized spacial score (nSPS) is 11.8. The van der Waals surface area contributed by atoms with Gasteiger partial charge in [0.05, 0.1) is 5.97 Å². The van der Waals surface area contributed by atoms with Gasteiger partial charge in [-0.15, -0.1) is 0 Å². The third kappa shape index (κ3) is 29.3. The number of aliphatic carboxylic acids is 1. The summed E-state index contributed by atoms with van der Waals surface area (Å²) in [5.41, 5.74) is 10.3. The van der Waals surface area contributed by atoms with Gasteiger partial charge in [-0.2, -0.15) is 0 Å². The predicted octanol–water partition coefficient (Wildman–Crippen LogP) is -3.75. The molecule has 16 heavy (non-hydrogen) atoms. The van der Waals surface area contributed by atoms with Gasteiger partial charge in [0.2, 0.25) is 0 Å². The van der Waals surface area contributed by atoms with Crippen molar-refractivity contribution in [3.63, 3.8) is 0 Å². The molecule has 0 aromatic heterocycles. The van der Waals surface area contributed by atoms with E-state index in [2.05, 4.69) is 0 Å². The molecule has 92 valence electrons. The summed E-state index contributed by atoms with van der Waals surface area (Å²) in [7, 11) is -4.89. The number of phosphoric acid groups is 1. The van der Waals surface area contributed by atoms with E-state index >= 15 is 0 Å². The van der Waals surface area contributed by atoms with E-state index in [0.717, 1.165) is 12.8 Å². The molecule has 0 aliphatic heterocycles. The number of unbranched alkanes of at least 4 members (excludes halogenated alkanes) is 1. The maximum atomic E-state index is 10.0. The van der Waals surface area contributed by atoms with Gasteiger partial charge < -0.3 is 36.0 Å². The largest absolute Gasteiger partial charge is 2.00 e. The molecule has 0 fully saturated rings. The number of carboxylic acids is 1. The fourth-order valence-electron chi connectivity index (χ4n) is 0.626. The summed E-state index contributed by atoms with van der Waals surface area (Å²) in [5, 5.41) is 10.0. The second kappa shape index (κ2) is 12.2. The quantitative estimate of drug-likeness (QED) is 0.226. The number of carboxylic acid groups (broad SMARTS) is 1. The van der Waals surface area contributed by atoms with Crippen LogP contribution in [0.25, 0.3) is 0 Å². The summed E-state index contributed by atoms with van der Waals surface area (Å²) in [4.78, 5) is 32.9. The van der Waals surface area contributed by atoms with Gasteiger partial charge in [-0.1, -0.05) is 6.42 Å². The molecule has 0 aromatic carbocycles. The average Bonchev–Trinajstić information content (AvgIpc) is 2.01. The fraction of sp³-hybridized carbons (Fsp3) is 0.833. The third-order valence-electron chi connectivity index (χ3n) is 1.27. The maximum Gasteiger partial charge on any atom is 2.00 e. The molecule has 0 aromatic rings. The predicted molar refractivity (Wildman–Crippen MR) is 53.7 cm³/mol. The molecule has 0 rings (SSSR count). The molecule has 1 unspecified atom stereocenters. The number of hydrogen-bond acceptors (Lipinski definition) is 6. The molecule has 8 nitrogen and oxygen atoms in total. The first kappa shape index (κ1) is 22.0. The standard InChI is InChI=1S/C6H14N2O2.Ca.H3O4P/c7-4-2-1-3-5(8)6(9)10;;1-5(2,3)4/h5H,1-4,7-8H2,(H,9,10);;(H3,1,2,3,4)/q;+2;/p-2. The van der Waals surface area contributed by atoms with E-state index in [-0.39, 0.29) is 37.7 Å². The van der Waals surface area contributed by atoms with Crippen LogP contribution in [0.2, 0.25) is 0 Å². The van der Waals surface area contributed by atoms with Gasteiger partial charge in [-0.25, -0.2) is 0 Å². The molecule has 0 bridgehead atoms. The van der Waals surface area contributed by atoms with Crippen molar-refractivity contribution >= 4 is 51.5 Å². The number of nitrogens with two attached hydrogens (primary N) is 2. The zero-order chi connectivity index (χ0) is 12.5. The Balaban J connectivity index is -0.000000242. The van der Waals surface area contributed by atoms with E-state index < -0.39 is 19.8 Å². The summed E-state index contributed by atoms with van der Waals surface area (Å²) in [5.74, 6) is -1.18. The number of carbonyl (C=O) groups excluding carboxylic acids is 1. The SMILES string of the molecule is NCCCCC(N)C(=O)[O-].O=P([O-])(O)O.[Ca+2]. The van der Waals surface area contributed by atoms with Crippen molar-refractivity contribution in [3.05, 3.63) is 0 Å². The van der Waals surface area contributed by atoms with Crippen LogP contribution < -0.4 is 21.5 Å². The van der Waals surface area contributed by atoms with Crippen LogP contribution in [-0.2, 0) is 9.36 Å². The molecule has 1 atom stereocenters. The topological polar surface area (TPSA) is 173 Å². The minimum atomic E-state index is -4.89. The average molecular weight is 282 g/mol. The minimum Gasteiger partial charge on any atom is -0.756 e. The smallest absolute Gasteiger partial charge is 0.756 e. The van der Waals surface area contributed by atoms with Gasteiger partial charge in [-0.3, -0.25) is 4.57 Å². The summed E-state index contributed by atoms with van der Waals surface area (Å²) in [6.45, 7) is 0.583. The molecule has 0 heterocycles. The van der Waals surface area contributed by atoms with Crippen molar-refractivity contribution in [2.45, 2.75) is 25.3 Å². The fourth-order valence-corrected chi connectivity index (χ4v) is 0.626. The first-order valence-corrected chi connectivity index (χ1v) is 5.64. The summed E-state index contributed by atoms with van der Waals surface area (Å²) >= 11 is 0. The van der Waals surface area contributed by atoms with Crippen LogP contribution in [0, 0.1) is 0 Å². The molecule has 0 spiro atoms. The zero-order valence-corrected chi connectivity index (χ0v) is 11.8. The van der Waals surface area contributed by atoms with Crippen molar-refractivity contribution in [3.8, 4) is 0 Å². The van der Waals surface area contributed by atoms with Crippen molar-refractivity contribution < 1.29 is 29.1 Å². The Morgan fingerprint density at radius 2 is 1.75 bits per heavy atom. The van der Waals surface area contributed by atoms with Crippen molar-refractivity contribution in [1.82, 2.24) is 0 Å². The Morgan fingerprint density at radius 3 is 2.00 bits per heavy atom. The minimum absolute atomic E-state index is 0. The molecular weight excluding hydrogens is 267 g/mol. The molecular formula is C6H15CaN2O6P. The van der Waals surface area contributed by atoms with Crippen LogP contribution in [0.15, 0.2) is 0 Å². The molecule has 0 saturated heterocycles. The summed E-state index contributed by atoms with van der Waals surface area (Å²) in [6, 6.07) is -0.827. The van der Waals surface area contributed by atoms with E-state index in [1.54, 1.807) is 0 Å². The van der Waals surface area contributed by atoms with E-state index in [1.807, 2.05) is 0 Å². The van der Waals surface area contributed by atoms with E-state index in [0.29, 0.717) is 13.0 Å². The Morgan fingerprint density at radius 1 is 1.38 bits per heavy atom. The van der Waals surface area contributed by atoms with Gasteiger partial charge in [0, 0.05) is 6.04 Å². The first-order valence-electron chi connectivity index (χ1n) is 4.11. The molecule has 6 N–H and O–H groups in total. The molecule has 10 heteroatoms. The van der Waals surface area contributed by atoms with Gasteiger partial charge in [-0.05, 0) is 19.4 Å². The monoisotopic (exact) mass is 282 g/mol. The van der Waals surface area contributed by atoms with Crippen molar-refractivity contribution in [2.24, 2.45) is 11.5 Å². The molecule has 0 saturated carbocycles. The van der Waals surface area contributed by atoms with Crippen LogP contribution in [0.3, 0.4) is 0 Å². The van der Waals surface area contributed by atoms with Gasteiger partial charge in [0.1, 0.15) is 0 Å². The second-order valence-electron chi connectivity index (χ2n) is 2.70. The van der Waals surface area contributed by atoms with Gasteiger partial charge >= 0.3 is 37.7 Å². The van der Waals surface area contributed by atoms with E-state index in [4.69, 9.17) is 30.7 Å². The molecule has 0 aliphatic rings. The third-order valence-corrected chi connectivity index (χ3v) is 1.27. The Bertz CT molecular complexity index is 215. The van der Waals surface area contributed by atoms with Crippen molar-refractivity contribution in [2.75, 3.05) is 6.54 Å². The maximum absolute atomic E-state index is 10.0. The van der Waals surface area contributed by atoms with E-state index in [9.17, 15) is 9.90 Å². The molecule has 0 aliphatic carbocycles. The van der Waals surface area contributed by atoms with Gasteiger partial charge in [0.15, 0.2) is 0 Å². The van der Waals surface area contributed by atoms with Crippen molar-refractivity contribution in [1.29, 1.82) is 0 Å². The van der Waals surface area contributed by atoms with Crippen LogP contribution in [0.1, 0.15) is 19.3 Å². The summed E-state index contributed by atoms with van der Waals surface area (Å²) in [6.07, 6.45) is 2.03. The van der Waals surface area contributed by atoms with Crippen LogP contribution in [0.4, 0.5) is 0 Å². The van der Waals surface area contributed by atoms with Crippen LogP contribution in [-0.4, -0.2) is 66.1 Å². The summed E-state index contributed by atoms with van der Waals surface area (Å²) < 4.78 is 8.77. The molecule has 0 amide bonds. The molecule has 0 radical (unpaired) electrons. The second-order valence-corrected chi connectivity index (χ2v) is 3.68. The Kier molecular flexibility index (Phi) is 16.8. The zero-order valence-electron chi connectivity index (χ0n) is 8.74. The Labute approximate surface area is 123 Å². The number of hydrogen-bond donors (Lipinski definition) is 4. The first-order chi connectivity index (χ1) is 6.68. The van der Waals surface area contributed by atoms with Crippen LogP contribution in [0.5, 0.6) is 0 Å². The number of carbonyl (C=O) groups is 1. The van der Waals surface area contributed by atoms with Crippen LogP contribution >= 0.6 is 7.82 Å². The Hall–Kier alpha value is 0.760. The number of rotatable bonds is 5.